The smallest absolute Gasteiger partial charge is 0.307 e. The number of ether oxygens (including phenoxy) is 2. The van der Waals surface area contributed by atoms with Crippen LogP contribution in [-0.2, 0) is 14.3 Å². The Morgan fingerprint density at radius 1 is 1.04 bits per heavy atom. The fraction of sp³-hybridized carbons (Fsp3) is 0.944. The van der Waals surface area contributed by atoms with Crippen molar-refractivity contribution in [2.24, 2.45) is 11.8 Å². The number of likely N-dealkylation sites (tertiary alicyclic amines) is 2. The van der Waals surface area contributed by atoms with E-state index in [0.29, 0.717) is 19.6 Å². The van der Waals surface area contributed by atoms with Gasteiger partial charge in [0.25, 0.3) is 0 Å². The summed E-state index contributed by atoms with van der Waals surface area (Å²) in [5.41, 5.74) is 0.173. The van der Waals surface area contributed by atoms with E-state index in [0.717, 1.165) is 12.5 Å². The third-order valence-corrected chi connectivity index (χ3v) is 5.66. The molecule has 0 saturated carbocycles. The predicted octanol–water partition coefficient (Wildman–Crippen LogP) is 1.79. The summed E-state index contributed by atoms with van der Waals surface area (Å²) in [6.45, 7) is 9.90. The van der Waals surface area contributed by atoms with Crippen molar-refractivity contribution in [1.29, 1.82) is 0 Å². The van der Waals surface area contributed by atoms with Gasteiger partial charge in [-0.25, -0.2) is 0 Å². The second-order valence-electron chi connectivity index (χ2n) is 8.17. The fourth-order valence-electron chi connectivity index (χ4n) is 4.09. The standard InChI is InChI=1S/C9H17NO3.C9H19NO/c1-9(6-13-3)4-7(8(11)12)5-10(9)2;1-8-5-9(2,7-11-4)10(3)6-8/h7H,4-6H2,1-3H3,(H,11,12);8H,5-7H2,1-4H3/t7-,9-;8-,9-/m00/s1. The van der Waals surface area contributed by atoms with E-state index in [4.69, 9.17) is 14.6 Å². The van der Waals surface area contributed by atoms with Crippen molar-refractivity contribution in [3.63, 3.8) is 0 Å². The normalized spacial score (nSPS) is 37.3. The van der Waals surface area contributed by atoms with Gasteiger partial charge < -0.3 is 14.6 Å². The van der Waals surface area contributed by atoms with Crippen LogP contribution < -0.4 is 0 Å². The lowest BCUT2D eigenvalue weighted by Gasteiger charge is -2.31. The molecule has 0 aliphatic carbocycles. The molecule has 2 rings (SSSR count). The second kappa shape index (κ2) is 8.61. The molecular weight excluding hydrogens is 308 g/mol. The molecule has 2 fully saturated rings. The van der Waals surface area contributed by atoms with Crippen molar-refractivity contribution in [1.82, 2.24) is 9.80 Å². The Hall–Kier alpha value is -0.690. The quantitative estimate of drug-likeness (QED) is 0.820. The number of likely N-dealkylation sites (N-methyl/N-ethyl adjacent to an activating group) is 2. The highest BCUT2D eigenvalue weighted by molar-refractivity contribution is 5.71. The molecule has 0 spiro atoms. The van der Waals surface area contributed by atoms with Crippen LogP contribution in [0.4, 0.5) is 0 Å². The van der Waals surface area contributed by atoms with Crippen molar-refractivity contribution < 1.29 is 19.4 Å². The summed E-state index contributed by atoms with van der Waals surface area (Å²) in [6, 6.07) is 0. The van der Waals surface area contributed by atoms with Crippen molar-refractivity contribution >= 4 is 5.97 Å². The molecule has 0 unspecified atom stereocenters. The largest absolute Gasteiger partial charge is 0.481 e. The van der Waals surface area contributed by atoms with Crippen LogP contribution in [0.25, 0.3) is 0 Å². The zero-order valence-corrected chi connectivity index (χ0v) is 16.5. The minimum atomic E-state index is -0.702. The van der Waals surface area contributed by atoms with Gasteiger partial charge in [0.2, 0.25) is 0 Å². The number of carbonyl (C=O) groups is 1. The molecule has 2 aliphatic heterocycles. The summed E-state index contributed by atoms with van der Waals surface area (Å²) in [5, 5.41) is 8.86. The lowest BCUT2D eigenvalue weighted by atomic mass is 9.95. The molecule has 0 amide bonds. The molecule has 2 heterocycles. The lowest BCUT2D eigenvalue weighted by molar-refractivity contribution is -0.141. The molecule has 24 heavy (non-hydrogen) atoms. The van der Waals surface area contributed by atoms with Crippen molar-refractivity contribution in [3.8, 4) is 0 Å². The topological polar surface area (TPSA) is 62.2 Å². The maximum atomic E-state index is 10.8. The van der Waals surface area contributed by atoms with Crippen LogP contribution in [0, 0.1) is 11.8 Å². The number of hydrogen-bond donors (Lipinski definition) is 1. The van der Waals surface area contributed by atoms with E-state index in [-0.39, 0.29) is 17.0 Å². The van der Waals surface area contributed by atoms with Gasteiger partial charge in [0, 0.05) is 38.4 Å². The number of methoxy groups -OCH3 is 2. The van der Waals surface area contributed by atoms with E-state index < -0.39 is 5.97 Å². The highest BCUT2D eigenvalue weighted by Gasteiger charge is 2.42. The first-order valence-electron chi connectivity index (χ1n) is 8.71. The highest BCUT2D eigenvalue weighted by atomic mass is 16.5. The molecule has 4 atom stereocenters. The molecule has 1 N–H and O–H groups in total. The molecule has 0 bridgehead atoms. The average molecular weight is 344 g/mol. The molecule has 0 aromatic carbocycles. The minimum Gasteiger partial charge on any atom is -0.481 e. The molecular formula is C18H36N2O4. The molecule has 142 valence electrons. The minimum absolute atomic E-state index is 0.113. The Bertz CT molecular complexity index is 420. The zero-order valence-electron chi connectivity index (χ0n) is 16.5. The highest BCUT2D eigenvalue weighted by Crippen LogP contribution is 2.32. The van der Waals surface area contributed by atoms with Gasteiger partial charge in [-0.15, -0.1) is 0 Å². The van der Waals surface area contributed by atoms with Gasteiger partial charge in [-0.05, 0) is 46.7 Å². The van der Waals surface area contributed by atoms with Crippen LogP contribution in [0.2, 0.25) is 0 Å². The van der Waals surface area contributed by atoms with E-state index >= 15 is 0 Å². The molecule has 6 nitrogen and oxygen atoms in total. The first-order valence-corrected chi connectivity index (χ1v) is 8.71. The summed E-state index contributed by atoms with van der Waals surface area (Å²) < 4.78 is 10.3. The van der Waals surface area contributed by atoms with Crippen molar-refractivity contribution in [2.75, 3.05) is 54.6 Å². The van der Waals surface area contributed by atoms with Gasteiger partial charge in [0.15, 0.2) is 0 Å². The van der Waals surface area contributed by atoms with Crippen LogP contribution in [-0.4, -0.2) is 86.6 Å². The van der Waals surface area contributed by atoms with Crippen molar-refractivity contribution in [2.45, 2.75) is 44.7 Å². The molecule has 2 aliphatic rings. The summed E-state index contributed by atoms with van der Waals surface area (Å²) >= 11 is 0. The van der Waals surface area contributed by atoms with E-state index in [2.05, 4.69) is 30.7 Å². The van der Waals surface area contributed by atoms with Gasteiger partial charge in [-0.2, -0.15) is 0 Å². The molecule has 2 saturated heterocycles. The van der Waals surface area contributed by atoms with Crippen molar-refractivity contribution in [3.05, 3.63) is 0 Å². The van der Waals surface area contributed by atoms with E-state index in [1.54, 1.807) is 14.2 Å². The number of rotatable bonds is 5. The van der Waals surface area contributed by atoms with Crippen LogP contribution in [0.1, 0.15) is 33.6 Å². The number of carboxylic acids is 1. The summed E-state index contributed by atoms with van der Waals surface area (Å²) in [7, 11) is 7.56. The third kappa shape index (κ3) is 5.15. The number of hydrogen-bond acceptors (Lipinski definition) is 5. The van der Waals surface area contributed by atoms with Crippen LogP contribution in [0.15, 0.2) is 0 Å². The molecule has 0 aromatic rings. The van der Waals surface area contributed by atoms with E-state index in [9.17, 15) is 4.79 Å². The summed E-state index contributed by atoms with van der Waals surface area (Å²) in [6.07, 6.45) is 1.93. The van der Waals surface area contributed by atoms with Gasteiger partial charge in [-0.3, -0.25) is 14.6 Å². The number of aliphatic carboxylic acids is 1. The Morgan fingerprint density at radius 3 is 1.83 bits per heavy atom. The first-order chi connectivity index (χ1) is 11.1. The van der Waals surface area contributed by atoms with Crippen LogP contribution in [0.5, 0.6) is 0 Å². The third-order valence-electron chi connectivity index (χ3n) is 5.66. The fourth-order valence-corrected chi connectivity index (χ4v) is 4.09. The Morgan fingerprint density at radius 2 is 1.50 bits per heavy atom. The number of nitrogens with zero attached hydrogens (tertiary/aromatic N) is 2. The Balaban J connectivity index is 0.000000243. The lowest BCUT2D eigenvalue weighted by Crippen LogP contribution is -2.42. The molecule has 0 radical (unpaired) electrons. The van der Waals surface area contributed by atoms with Gasteiger partial charge in [-0.1, -0.05) is 6.92 Å². The van der Waals surface area contributed by atoms with Gasteiger partial charge in [0.05, 0.1) is 19.1 Å². The average Bonchev–Trinajstić information content (AvgIpc) is 2.89. The SMILES string of the molecule is COC[C@]1(C)C[C@H](C(=O)O)CN1C.COC[C@]1(C)C[C@H](C)CN1C. The first kappa shape index (κ1) is 21.4. The summed E-state index contributed by atoms with van der Waals surface area (Å²) in [4.78, 5) is 15.2. The monoisotopic (exact) mass is 344 g/mol. The van der Waals surface area contributed by atoms with Gasteiger partial charge in [0.1, 0.15) is 0 Å². The summed E-state index contributed by atoms with van der Waals surface area (Å²) in [5.74, 6) is -0.128. The number of carboxylic acid groups (broad SMARTS) is 1. The van der Waals surface area contributed by atoms with Gasteiger partial charge >= 0.3 is 5.97 Å². The van der Waals surface area contributed by atoms with E-state index in [1.165, 1.54) is 13.0 Å². The Kier molecular flexibility index (Phi) is 7.66. The second-order valence-corrected chi connectivity index (χ2v) is 8.17. The van der Waals surface area contributed by atoms with Crippen LogP contribution >= 0.6 is 0 Å². The molecule has 6 heteroatoms. The Labute approximate surface area is 147 Å². The predicted molar refractivity (Wildman–Crippen MR) is 95.3 cm³/mol. The van der Waals surface area contributed by atoms with Crippen LogP contribution in [0.3, 0.4) is 0 Å². The maximum Gasteiger partial charge on any atom is 0.307 e. The zero-order chi connectivity index (χ0) is 18.5. The van der Waals surface area contributed by atoms with E-state index in [1.807, 2.05) is 14.0 Å². The maximum absolute atomic E-state index is 10.8. The molecule has 0 aromatic heterocycles.